The fourth-order valence-electron chi connectivity index (χ4n) is 2.92. The third kappa shape index (κ3) is 3.45. The first-order valence-electron chi connectivity index (χ1n) is 7.00. The van der Waals surface area contributed by atoms with Crippen molar-refractivity contribution in [2.75, 3.05) is 33.4 Å². The first kappa shape index (κ1) is 14.3. The highest BCUT2D eigenvalue weighted by Crippen LogP contribution is 2.33. The van der Waals surface area contributed by atoms with Crippen LogP contribution in [0.4, 0.5) is 0 Å². The van der Waals surface area contributed by atoms with Crippen molar-refractivity contribution in [2.24, 2.45) is 4.99 Å². The van der Waals surface area contributed by atoms with E-state index in [1.165, 1.54) is 0 Å². The van der Waals surface area contributed by atoms with E-state index in [-0.39, 0.29) is 0 Å². The van der Waals surface area contributed by atoms with Gasteiger partial charge in [-0.25, -0.2) is 0 Å². The predicted octanol–water partition coefficient (Wildman–Crippen LogP) is 2.38. The normalized spacial score (nSPS) is 25.8. The molecular formula is C15H24N2O2. The van der Waals surface area contributed by atoms with E-state index in [4.69, 9.17) is 9.47 Å². The number of allylic oxidation sites excluding steroid dienone is 2. The molecule has 2 rings (SSSR count). The Bertz CT molecular complexity index is 368. The highest BCUT2D eigenvalue weighted by atomic mass is 16.5. The van der Waals surface area contributed by atoms with Crippen LogP contribution in [0.15, 0.2) is 28.6 Å². The molecule has 0 radical (unpaired) electrons. The van der Waals surface area contributed by atoms with E-state index in [1.807, 2.05) is 0 Å². The number of hydrogen-bond acceptors (Lipinski definition) is 4. The van der Waals surface area contributed by atoms with Crippen LogP contribution < -0.4 is 0 Å². The second-order valence-corrected chi connectivity index (χ2v) is 5.11. The minimum Gasteiger partial charge on any atom is -0.497 e. The van der Waals surface area contributed by atoms with Crippen molar-refractivity contribution < 1.29 is 9.47 Å². The number of rotatable bonds is 4. The van der Waals surface area contributed by atoms with Crippen LogP contribution in [0, 0.1) is 0 Å². The van der Waals surface area contributed by atoms with E-state index in [9.17, 15) is 0 Å². The third-order valence-electron chi connectivity index (χ3n) is 4.05. The summed E-state index contributed by atoms with van der Waals surface area (Å²) in [5.41, 5.74) is 2.19. The summed E-state index contributed by atoms with van der Waals surface area (Å²) in [5.74, 6) is 0.734. The fraction of sp³-hybridized carbons (Fsp3) is 0.667. The van der Waals surface area contributed by atoms with Crippen LogP contribution in [0.5, 0.6) is 0 Å². The van der Waals surface area contributed by atoms with Crippen LogP contribution in [0.2, 0.25) is 0 Å². The molecule has 0 saturated carbocycles. The van der Waals surface area contributed by atoms with Gasteiger partial charge in [0.1, 0.15) is 5.76 Å². The van der Waals surface area contributed by atoms with Gasteiger partial charge in [0.25, 0.3) is 0 Å². The van der Waals surface area contributed by atoms with Crippen LogP contribution in [-0.4, -0.2) is 51.1 Å². The highest BCUT2D eigenvalue weighted by molar-refractivity contribution is 5.38. The molecule has 1 fully saturated rings. The van der Waals surface area contributed by atoms with Crippen molar-refractivity contribution in [3.8, 4) is 0 Å². The van der Waals surface area contributed by atoms with Crippen LogP contribution in [-0.2, 0) is 9.47 Å². The molecule has 0 N–H and O–H groups in total. The molecule has 1 atom stereocenters. The summed E-state index contributed by atoms with van der Waals surface area (Å²) in [5, 5.41) is 0. The topological polar surface area (TPSA) is 34.1 Å². The Hall–Kier alpha value is -1.13. The Morgan fingerprint density at radius 2 is 2.26 bits per heavy atom. The molecule has 4 nitrogen and oxygen atoms in total. The van der Waals surface area contributed by atoms with Crippen molar-refractivity contribution in [1.29, 1.82) is 0 Å². The highest BCUT2D eigenvalue weighted by Gasteiger charge is 2.27. The molecule has 0 spiro atoms. The van der Waals surface area contributed by atoms with Gasteiger partial charge in [-0.1, -0.05) is 6.58 Å². The molecular weight excluding hydrogens is 240 g/mol. The predicted molar refractivity (Wildman–Crippen MR) is 77.4 cm³/mol. The maximum absolute atomic E-state index is 5.53. The fourth-order valence-corrected chi connectivity index (χ4v) is 2.92. The summed E-state index contributed by atoms with van der Waals surface area (Å²) in [7, 11) is 1.67. The molecule has 19 heavy (non-hydrogen) atoms. The Balaban J connectivity index is 2.08. The summed E-state index contributed by atoms with van der Waals surface area (Å²) in [6, 6.07) is 0.550. The molecule has 0 amide bonds. The number of aliphatic imine (C=N–C) groups is 1. The molecule has 1 aliphatic heterocycles. The molecule has 4 heteroatoms. The lowest BCUT2D eigenvalue weighted by Gasteiger charge is -2.34. The Morgan fingerprint density at radius 3 is 3.00 bits per heavy atom. The maximum atomic E-state index is 5.53. The van der Waals surface area contributed by atoms with Gasteiger partial charge in [0.2, 0.25) is 0 Å². The first-order chi connectivity index (χ1) is 9.26. The van der Waals surface area contributed by atoms with Crippen molar-refractivity contribution in [2.45, 2.75) is 31.7 Å². The number of methoxy groups -OCH3 is 1. The van der Waals surface area contributed by atoms with E-state index in [0.29, 0.717) is 6.04 Å². The lowest BCUT2D eigenvalue weighted by Crippen LogP contribution is -2.39. The number of hydrogen-bond donors (Lipinski definition) is 0. The van der Waals surface area contributed by atoms with Crippen LogP contribution in [0.3, 0.4) is 0 Å². The van der Waals surface area contributed by atoms with Crippen molar-refractivity contribution in [1.82, 2.24) is 4.90 Å². The Kier molecular flexibility index (Phi) is 5.16. The number of nitrogens with zero attached hydrogens (tertiary/aromatic N) is 2. The summed E-state index contributed by atoms with van der Waals surface area (Å²) < 4.78 is 10.8. The summed E-state index contributed by atoms with van der Waals surface area (Å²) in [6.45, 7) is 11.5. The van der Waals surface area contributed by atoms with Gasteiger partial charge in [0, 0.05) is 37.0 Å². The molecule has 2 aliphatic rings. The molecule has 1 aliphatic carbocycles. The van der Waals surface area contributed by atoms with Crippen molar-refractivity contribution in [3.63, 3.8) is 0 Å². The van der Waals surface area contributed by atoms with Gasteiger partial charge in [-0.3, -0.25) is 9.89 Å². The first-order valence-corrected chi connectivity index (χ1v) is 7.00. The van der Waals surface area contributed by atoms with Gasteiger partial charge < -0.3 is 9.47 Å². The molecule has 0 aromatic carbocycles. The zero-order valence-electron chi connectivity index (χ0n) is 11.9. The van der Waals surface area contributed by atoms with E-state index >= 15 is 0 Å². The van der Waals surface area contributed by atoms with Crippen LogP contribution in [0.1, 0.15) is 25.7 Å². The van der Waals surface area contributed by atoms with Crippen molar-refractivity contribution >= 4 is 6.72 Å². The summed E-state index contributed by atoms with van der Waals surface area (Å²) in [4.78, 5) is 6.68. The molecule has 0 aromatic heterocycles. The molecule has 1 heterocycles. The van der Waals surface area contributed by atoms with Gasteiger partial charge in [0.15, 0.2) is 0 Å². The smallest absolute Gasteiger partial charge is 0.116 e. The second kappa shape index (κ2) is 6.87. The Morgan fingerprint density at radius 1 is 1.42 bits per heavy atom. The van der Waals surface area contributed by atoms with E-state index in [2.05, 4.69) is 23.2 Å². The Labute approximate surface area is 115 Å². The lowest BCUT2D eigenvalue weighted by molar-refractivity contribution is 0.127. The van der Waals surface area contributed by atoms with Gasteiger partial charge in [-0.2, -0.15) is 0 Å². The van der Waals surface area contributed by atoms with Gasteiger partial charge in [-0.05, 0) is 32.4 Å². The number of ether oxygens (including phenoxy) is 2. The zero-order chi connectivity index (χ0) is 13.7. The lowest BCUT2D eigenvalue weighted by atomic mass is 9.90. The average Bonchev–Trinajstić information content (AvgIpc) is 2.74. The van der Waals surface area contributed by atoms with Gasteiger partial charge in [0.05, 0.1) is 13.7 Å². The van der Waals surface area contributed by atoms with E-state index in [0.717, 1.165) is 69.0 Å². The molecule has 1 saturated heterocycles. The van der Waals surface area contributed by atoms with E-state index in [1.54, 1.807) is 7.11 Å². The van der Waals surface area contributed by atoms with E-state index < -0.39 is 0 Å². The maximum Gasteiger partial charge on any atom is 0.116 e. The molecule has 106 valence electrons. The monoisotopic (exact) mass is 264 g/mol. The minimum atomic E-state index is 0.550. The largest absolute Gasteiger partial charge is 0.497 e. The van der Waals surface area contributed by atoms with Crippen LogP contribution >= 0.6 is 0 Å². The average molecular weight is 264 g/mol. The SMILES string of the molecule is C=NC1=C(C(=C)OC)CC(N2CCCOCC2)CC1. The third-order valence-corrected chi connectivity index (χ3v) is 4.05. The van der Waals surface area contributed by atoms with Crippen LogP contribution in [0.25, 0.3) is 0 Å². The standard InChI is InChI=1S/C15H24N2O2/c1-12(18-3)14-11-13(5-6-15(14)16-2)17-7-4-9-19-10-8-17/h13H,1-2,4-11H2,3H3. The van der Waals surface area contributed by atoms with Gasteiger partial charge in [-0.15, -0.1) is 0 Å². The second-order valence-electron chi connectivity index (χ2n) is 5.11. The molecule has 0 bridgehead atoms. The summed E-state index contributed by atoms with van der Waals surface area (Å²) >= 11 is 0. The van der Waals surface area contributed by atoms with Crippen molar-refractivity contribution in [3.05, 3.63) is 23.6 Å². The molecule has 0 aromatic rings. The minimum absolute atomic E-state index is 0.550. The summed E-state index contributed by atoms with van der Waals surface area (Å²) in [6.07, 6.45) is 4.17. The van der Waals surface area contributed by atoms with Gasteiger partial charge >= 0.3 is 0 Å². The quantitative estimate of drug-likeness (QED) is 0.577. The zero-order valence-corrected chi connectivity index (χ0v) is 11.9. The molecule has 1 unspecified atom stereocenters.